The van der Waals surface area contributed by atoms with Gasteiger partial charge in [-0.25, -0.2) is 5.43 Å². The molecule has 0 spiro atoms. The minimum atomic E-state index is -0.333. The van der Waals surface area contributed by atoms with Crippen LogP contribution in [0, 0.1) is 0 Å². The second-order valence-electron chi connectivity index (χ2n) is 5.19. The van der Waals surface area contributed by atoms with Crippen LogP contribution >= 0.6 is 11.6 Å². The molecule has 2 aromatic carbocycles. The summed E-state index contributed by atoms with van der Waals surface area (Å²) in [5.74, 6) is 0.0715. The van der Waals surface area contributed by atoms with Crippen LogP contribution < -0.4 is 15.5 Å². The molecule has 1 aliphatic heterocycles. The fourth-order valence-electron chi connectivity index (χ4n) is 2.17. The number of rotatable bonds is 3. The summed E-state index contributed by atoms with van der Waals surface area (Å²) in [6.45, 7) is 1.77. The number of amides is 2. The summed E-state index contributed by atoms with van der Waals surface area (Å²) >= 11 is 5.79. The minimum Gasteiger partial charge on any atom is -0.482 e. The zero-order valence-corrected chi connectivity index (χ0v) is 13.6. The molecular weight excluding hydrogens is 330 g/mol. The van der Waals surface area contributed by atoms with Gasteiger partial charge in [0.25, 0.3) is 11.8 Å². The standard InChI is InChI=1S/C17H14ClN3O3/c1-10(20-21-17(23)11-2-5-13(18)6-3-11)12-4-7-15-14(8-12)19-16(22)9-24-15/h2-8H,9H2,1H3,(H,19,22)(H,21,23)/b20-10-. The highest BCUT2D eigenvalue weighted by Crippen LogP contribution is 2.28. The van der Waals surface area contributed by atoms with Crippen molar-refractivity contribution in [2.24, 2.45) is 5.10 Å². The van der Waals surface area contributed by atoms with Crippen LogP contribution in [-0.4, -0.2) is 24.1 Å². The first-order chi connectivity index (χ1) is 11.5. The monoisotopic (exact) mass is 343 g/mol. The van der Waals surface area contributed by atoms with Gasteiger partial charge in [-0.15, -0.1) is 0 Å². The SMILES string of the molecule is C/C(=N/NC(=O)c1ccc(Cl)cc1)c1ccc2c(c1)NC(=O)CO2. The Morgan fingerprint density at radius 3 is 2.67 bits per heavy atom. The highest BCUT2D eigenvalue weighted by Gasteiger charge is 2.16. The quantitative estimate of drug-likeness (QED) is 0.664. The molecule has 0 saturated carbocycles. The predicted octanol–water partition coefficient (Wildman–Crippen LogP) is 2.82. The Morgan fingerprint density at radius 2 is 1.92 bits per heavy atom. The summed E-state index contributed by atoms with van der Waals surface area (Å²) in [6, 6.07) is 11.8. The molecule has 0 bridgehead atoms. The summed E-state index contributed by atoms with van der Waals surface area (Å²) in [5.41, 5.74) is 4.90. The molecule has 2 aromatic rings. The van der Waals surface area contributed by atoms with Gasteiger partial charge in [0, 0.05) is 10.6 Å². The third kappa shape index (κ3) is 3.55. The Kier molecular flexibility index (Phi) is 4.48. The van der Waals surface area contributed by atoms with Gasteiger partial charge in [0.15, 0.2) is 6.61 Å². The van der Waals surface area contributed by atoms with E-state index in [0.29, 0.717) is 27.7 Å². The van der Waals surface area contributed by atoms with Crippen molar-refractivity contribution in [3.8, 4) is 5.75 Å². The van der Waals surface area contributed by atoms with Crippen molar-refractivity contribution in [3.05, 3.63) is 58.6 Å². The van der Waals surface area contributed by atoms with Gasteiger partial charge in [0.1, 0.15) is 5.75 Å². The first kappa shape index (κ1) is 16.0. The van der Waals surface area contributed by atoms with Gasteiger partial charge in [-0.05, 0) is 55.0 Å². The number of fused-ring (bicyclic) bond motifs is 1. The van der Waals surface area contributed by atoms with Gasteiger partial charge >= 0.3 is 0 Å². The Bertz CT molecular complexity index is 831. The smallest absolute Gasteiger partial charge is 0.271 e. The second-order valence-corrected chi connectivity index (χ2v) is 5.63. The zero-order valence-electron chi connectivity index (χ0n) is 12.8. The summed E-state index contributed by atoms with van der Waals surface area (Å²) in [6.07, 6.45) is 0. The molecule has 3 rings (SSSR count). The van der Waals surface area contributed by atoms with Gasteiger partial charge in [0.2, 0.25) is 0 Å². The molecule has 0 atom stereocenters. The van der Waals surface area contributed by atoms with Crippen LogP contribution in [0.15, 0.2) is 47.6 Å². The number of hydrazone groups is 1. The van der Waals surface area contributed by atoms with E-state index in [1.807, 2.05) is 6.07 Å². The van der Waals surface area contributed by atoms with Gasteiger partial charge in [-0.2, -0.15) is 5.10 Å². The normalized spacial score (nSPS) is 13.6. The third-order valence-corrected chi connectivity index (χ3v) is 3.71. The van der Waals surface area contributed by atoms with E-state index in [9.17, 15) is 9.59 Å². The van der Waals surface area contributed by atoms with Gasteiger partial charge in [-0.3, -0.25) is 9.59 Å². The number of nitrogens with zero attached hydrogens (tertiary/aromatic N) is 1. The van der Waals surface area contributed by atoms with E-state index in [1.54, 1.807) is 43.3 Å². The molecule has 0 fully saturated rings. The van der Waals surface area contributed by atoms with E-state index >= 15 is 0 Å². The van der Waals surface area contributed by atoms with E-state index in [1.165, 1.54) is 0 Å². The topological polar surface area (TPSA) is 79.8 Å². The van der Waals surface area contributed by atoms with Crippen LogP contribution in [0.2, 0.25) is 5.02 Å². The number of benzene rings is 2. The third-order valence-electron chi connectivity index (χ3n) is 3.46. The molecular formula is C17H14ClN3O3. The summed E-state index contributed by atoms with van der Waals surface area (Å²) < 4.78 is 5.30. The van der Waals surface area contributed by atoms with Crippen molar-refractivity contribution in [1.82, 2.24) is 5.43 Å². The maximum Gasteiger partial charge on any atom is 0.271 e. The van der Waals surface area contributed by atoms with Crippen molar-refractivity contribution in [2.75, 3.05) is 11.9 Å². The summed E-state index contributed by atoms with van der Waals surface area (Å²) in [7, 11) is 0. The van der Waals surface area contributed by atoms with Crippen LogP contribution in [0.25, 0.3) is 0 Å². The molecule has 0 aromatic heterocycles. The number of anilines is 1. The van der Waals surface area contributed by atoms with Crippen molar-refractivity contribution in [3.63, 3.8) is 0 Å². The maximum absolute atomic E-state index is 12.0. The summed E-state index contributed by atoms with van der Waals surface area (Å²) in [5, 5.41) is 7.38. The van der Waals surface area contributed by atoms with Crippen LogP contribution in [0.3, 0.4) is 0 Å². The number of carbonyl (C=O) groups excluding carboxylic acids is 2. The number of carbonyl (C=O) groups is 2. The minimum absolute atomic E-state index is 0.0105. The molecule has 0 unspecified atom stereocenters. The predicted molar refractivity (Wildman–Crippen MR) is 91.7 cm³/mol. The maximum atomic E-state index is 12.0. The molecule has 1 aliphatic rings. The van der Waals surface area contributed by atoms with Crippen molar-refractivity contribution < 1.29 is 14.3 Å². The molecule has 2 amide bonds. The van der Waals surface area contributed by atoms with Gasteiger partial charge < -0.3 is 10.1 Å². The molecule has 0 aliphatic carbocycles. The zero-order chi connectivity index (χ0) is 17.1. The lowest BCUT2D eigenvalue weighted by Crippen LogP contribution is -2.25. The highest BCUT2D eigenvalue weighted by molar-refractivity contribution is 6.30. The van der Waals surface area contributed by atoms with E-state index < -0.39 is 0 Å². The average molecular weight is 344 g/mol. The molecule has 1 heterocycles. The van der Waals surface area contributed by atoms with Crippen molar-refractivity contribution in [1.29, 1.82) is 0 Å². The molecule has 2 N–H and O–H groups in total. The summed E-state index contributed by atoms with van der Waals surface area (Å²) in [4.78, 5) is 23.4. The lowest BCUT2D eigenvalue weighted by atomic mass is 10.1. The molecule has 7 heteroatoms. The first-order valence-corrected chi connectivity index (χ1v) is 7.58. The fraction of sp³-hybridized carbons (Fsp3) is 0.118. The number of hydrogen-bond acceptors (Lipinski definition) is 4. The van der Waals surface area contributed by atoms with Gasteiger partial charge in [0.05, 0.1) is 11.4 Å². The fourth-order valence-corrected chi connectivity index (χ4v) is 2.30. The van der Waals surface area contributed by atoms with Crippen LogP contribution in [0.5, 0.6) is 5.75 Å². The number of ether oxygens (including phenoxy) is 1. The van der Waals surface area contributed by atoms with Crippen molar-refractivity contribution >= 4 is 34.8 Å². The van der Waals surface area contributed by atoms with Gasteiger partial charge in [-0.1, -0.05) is 11.6 Å². The Balaban J connectivity index is 1.74. The van der Waals surface area contributed by atoms with Crippen LogP contribution in [0.1, 0.15) is 22.8 Å². The molecule has 122 valence electrons. The average Bonchev–Trinajstić information content (AvgIpc) is 2.59. The first-order valence-electron chi connectivity index (χ1n) is 7.20. The Morgan fingerprint density at radius 1 is 1.21 bits per heavy atom. The van der Waals surface area contributed by atoms with Crippen LogP contribution in [0.4, 0.5) is 5.69 Å². The Hall–Kier alpha value is -2.86. The molecule has 0 saturated heterocycles. The molecule has 6 nitrogen and oxygen atoms in total. The van der Waals surface area contributed by atoms with E-state index in [-0.39, 0.29) is 18.4 Å². The van der Waals surface area contributed by atoms with E-state index in [0.717, 1.165) is 5.56 Å². The lowest BCUT2D eigenvalue weighted by molar-refractivity contribution is -0.118. The highest BCUT2D eigenvalue weighted by atomic mass is 35.5. The number of hydrogen-bond donors (Lipinski definition) is 2. The van der Waals surface area contributed by atoms with E-state index in [2.05, 4.69) is 15.8 Å². The second kappa shape index (κ2) is 6.72. The van der Waals surface area contributed by atoms with E-state index in [4.69, 9.17) is 16.3 Å². The number of nitrogens with one attached hydrogen (secondary N) is 2. The number of halogens is 1. The Labute approximate surface area is 143 Å². The molecule has 0 radical (unpaired) electrons. The molecule has 24 heavy (non-hydrogen) atoms. The lowest BCUT2D eigenvalue weighted by Gasteiger charge is -2.18. The largest absolute Gasteiger partial charge is 0.482 e. The van der Waals surface area contributed by atoms with Crippen molar-refractivity contribution in [2.45, 2.75) is 6.92 Å². The van der Waals surface area contributed by atoms with Crippen LogP contribution in [-0.2, 0) is 4.79 Å².